The van der Waals surface area contributed by atoms with Gasteiger partial charge in [-0.25, -0.2) is 8.89 Å². The summed E-state index contributed by atoms with van der Waals surface area (Å²) in [5.74, 6) is -0.373. The van der Waals surface area contributed by atoms with Crippen LogP contribution in [-0.4, -0.2) is 24.9 Å². The molecule has 3 rings (SSSR count). The lowest BCUT2D eigenvalue weighted by molar-refractivity contribution is -0.114. The van der Waals surface area contributed by atoms with E-state index in [0.717, 1.165) is 11.1 Å². The molecule has 1 aliphatic heterocycles. The molecule has 6 nitrogen and oxygen atoms in total. The van der Waals surface area contributed by atoms with Crippen molar-refractivity contribution in [3.63, 3.8) is 0 Å². The number of nitrogens with zero attached hydrogens (tertiary/aromatic N) is 3. The summed E-state index contributed by atoms with van der Waals surface area (Å²) in [5.41, 5.74) is 1.76. The zero-order valence-electron chi connectivity index (χ0n) is 9.11. The molecule has 0 aliphatic carbocycles. The van der Waals surface area contributed by atoms with Gasteiger partial charge in [0.1, 0.15) is 0 Å². The molecule has 0 spiro atoms. The van der Waals surface area contributed by atoms with Crippen molar-refractivity contribution in [1.82, 2.24) is 19.5 Å². The average molecular weight is 260 g/mol. The van der Waals surface area contributed by atoms with Crippen LogP contribution >= 0.6 is 0 Å². The van der Waals surface area contributed by atoms with Crippen molar-refractivity contribution in [2.75, 3.05) is 0 Å². The van der Waals surface area contributed by atoms with Gasteiger partial charge in [0.15, 0.2) is 16.0 Å². The fourth-order valence-electron chi connectivity index (χ4n) is 1.62. The van der Waals surface area contributed by atoms with Crippen molar-refractivity contribution in [3.05, 3.63) is 43.0 Å². The minimum atomic E-state index is -1.54. The van der Waals surface area contributed by atoms with Gasteiger partial charge >= 0.3 is 0 Å². The maximum absolute atomic E-state index is 11.6. The van der Waals surface area contributed by atoms with Crippen molar-refractivity contribution < 1.29 is 9.00 Å². The van der Waals surface area contributed by atoms with Gasteiger partial charge in [0.05, 0.1) is 6.20 Å². The van der Waals surface area contributed by atoms with Crippen LogP contribution in [0.15, 0.2) is 43.0 Å². The van der Waals surface area contributed by atoms with E-state index in [1.54, 1.807) is 24.8 Å². The summed E-state index contributed by atoms with van der Waals surface area (Å²) >= 11 is 0. The SMILES string of the molecule is O=C1C=C(n2cc(-c3cccnc3)cn2)S(=O)N1. The molecule has 0 saturated carbocycles. The van der Waals surface area contributed by atoms with Gasteiger partial charge < -0.3 is 0 Å². The number of hydrogen-bond donors (Lipinski definition) is 1. The third kappa shape index (κ3) is 1.84. The van der Waals surface area contributed by atoms with Crippen molar-refractivity contribution in [2.45, 2.75) is 0 Å². The molecule has 18 heavy (non-hydrogen) atoms. The molecule has 0 bridgehead atoms. The smallest absolute Gasteiger partial charge is 0.258 e. The van der Waals surface area contributed by atoms with Crippen LogP contribution in [0.5, 0.6) is 0 Å². The summed E-state index contributed by atoms with van der Waals surface area (Å²) in [6, 6.07) is 3.72. The number of aromatic nitrogens is 3. The summed E-state index contributed by atoms with van der Waals surface area (Å²) in [4.78, 5) is 15.1. The Morgan fingerprint density at radius 3 is 2.83 bits per heavy atom. The van der Waals surface area contributed by atoms with Gasteiger partial charge in [0.2, 0.25) is 0 Å². The van der Waals surface area contributed by atoms with Gasteiger partial charge in [-0.1, -0.05) is 6.07 Å². The Labute approximate surface area is 105 Å². The predicted octanol–water partition coefficient (Wildman–Crippen LogP) is 0.537. The lowest BCUT2D eigenvalue weighted by Crippen LogP contribution is -2.17. The Hall–Kier alpha value is -2.28. The fourth-order valence-corrected chi connectivity index (χ4v) is 2.45. The number of carbonyl (C=O) groups excluding carboxylic acids is 1. The Bertz CT molecular complexity index is 663. The maximum atomic E-state index is 11.6. The van der Waals surface area contributed by atoms with Crippen LogP contribution in [0, 0.1) is 0 Å². The Balaban J connectivity index is 1.98. The molecule has 2 aromatic rings. The first kappa shape index (κ1) is 10.8. The highest BCUT2D eigenvalue weighted by Crippen LogP contribution is 2.20. The molecule has 3 heterocycles. The normalized spacial score (nSPS) is 18.6. The third-order valence-corrected chi connectivity index (χ3v) is 3.51. The average Bonchev–Trinajstić information content (AvgIpc) is 2.97. The van der Waals surface area contributed by atoms with E-state index in [-0.39, 0.29) is 5.91 Å². The van der Waals surface area contributed by atoms with Crippen molar-refractivity contribution in [1.29, 1.82) is 0 Å². The molecule has 0 radical (unpaired) electrons. The molecule has 2 aromatic heterocycles. The van der Waals surface area contributed by atoms with E-state index in [9.17, 15) is 9.00 Å². The van der Waals surface area contributed by atoms with Gasteiger partial charge in [0, 0.05) is 35.8 Å². The van der Waals surface area contributed by atoms with Crippen molar-refractivity contribution in [2.24, 2.45) is 0 Å². The number of rotatable bonds is 2. The molecule has 1 aliphatic rings. The van der Waals surface area contributed by atoms with Crippen molar-refractivity contribution in [3.8, 4) is 11.1 Å². The lowest BCUT2D eigenvalue weighted by atomic mass is 10.2. The van der Waals surface area contributed by atoms with Gasteiger partial charge in [-0.2, -0.15) is 5.10 Å². The number of nitrogens with one attached hydrogen (secondary N) is 1. The largest absolute Gasteiger partial charge is 0.269 e. The second-order valence-electron chi connectivity index (χ2n) is 3.63. The molecule has 90 valence electrons. The highest BCUT2D eigenvalue weighted by Gasteiger charge is 2.21. The molecule has 1 atom stereocenters. The van der Waals surface area contributed by atoms with E-state index >= 15 is 0 Å². The minimum absolute atomic E-state index is 0.329. The highest BCUT2D eigenvalue weighted by molar-refractivity contribution is 7.93. The van der Waals surface area contributed by atoms with E-state index < -0.39 is 11.0 Å². The second kappa shape index (κ2) is 4.19. The van der Waals surface area contributed by atoms with Crippen molar-refractivity contribution >= 4 is 21.9 Å². The second-order valence-corrected chi connectivity index (χ2v) is 4.79. The monoisotopic (exact) mass is 260 g/mol. The summed E-state index contributed by atoms with van der Waals surface area (Å²) in [6.07, 6.45) is 8.02. The topological polar surface area (TPSA) is 76.9 Å². The number of hydrogen-bond acceptors (Lipinski definition) is 4. The standard InChI is InChI=1S/C11H8N4O2S/c16-10-4-11(18(17)14-10)15-7-9(6-13-15)8-2-1-3-12-5-8/h1-7H,(H,14,16). The van der Waals surface area contributed by atoms with Gasteiger partial charge in [-0.05, 0) is 6.07 Å². The van der Waals surface area contributed by atoms with E-state index in [1.807, 2.05) is 12.1 Å². The van der Waals surface area contributed by atoms with Crippen LogP contribution in [0.25, 0.3) is 16.2 Å². The van der Waals surface area contributed by atoms with E-state index in [1.165, 1.54) is 10.8 Å². The van der Waals surface area contributed by atoms with Crippen LogP contribution < -0.4 is 4.72 Å². The van der Waals surface area contributed by atoms with Gasteiger partial charge in [0.25, 0.3) is 5.91 Å². The third-order valence-electron chi connectivity index (χ3n) is 2.44. The predicted molar refractivity (Wildman–Crippen MR) is 66.0 cm³/mol. The summed E-state index contributed by atoms with van der Waals surface area (Å²) in [6.45, 7) is 0. The molecule has 1 unspecified atom stereocenters. The number of carbonyl (C=O) groups is 1. The Morgan fingerprint density at radius 1 is 1.28 bits per heavy atom. The first-order valence-corrected chi connectivity index (χ1v) is 6.28. The van der Waals surface area contributed by atoms with E-state index in [2.05, 4.69) is 14.8 Å². The van der Waals surface area contributed by atoms with Gasteiger partial charge in [-0.15, -0.1) is 0 Å². The van der Waals surface area contributed by atoms with E-state index in [0.29, 0.717) is 5.03 Å². The molecule has 0 saturated heterocycles. The number of amides is 1. The molecular formula is C11H8N4O2S. The fraction of sp³-hybridized carbons (Fsp3) is 0. The Morgan fingerprint density at radius 2 is 2.17 bits per heavy atom. The quantitative estimate of drug-likeness (QED) is 0.854. The lowest BCUT2D eigenvalue weighted by Gasteiger charge is -1.98. The maximum Gasteiger partial charge on any atom is 0.258 e. The zero-order chi connectivity index (χ0) is 12.5. The molecule has 0 aromatic carbocycles. The van der Waals surface area contributed by atoms with Crippen LogP contribution in [0.3, 0.4) is 0 Å². The first-order chi connectivity index (χ1) is 8.74. The summed E-state index contributed by atoms with van der Waals surface area (Å²) in [5, 5.41) is 4.42. The molecule has 1 N–H and O–H groups in total. The van der Waals surface area contributed by atoms with Crippen LogP contribution in [0.1, 0.15) is 0 Å². The highest BCUT2D eigenvalue weighted by atomic mass is 32.2. The van der Waals surface area contributed by atoms with Crippen LogP contribution in [0.2, 0.25) is 0 Å². The first-order valence-electron chi connectivity index (χ1n) is 5.13. The molecule has 1 amide bonds. The molecule has 0 fully saturated rings. The summed E-state index contributed by atoms with van der Waals surface area (Å²) in [7, 11) is -1.54. The van der Waals surface area contributed by atoms with Crippen LogP contribution in [0.4, 0.5) is 0 Å². The number of pyridine rings is 1. The summed E-state index contributed by atoms with van der Waals surface area (Å²) < 4.78 is 15.3. The molecule has 7 heteroatoms. The molecular weight excluding hydrogens is 252 g/mol. The van der Waals surface area contributed by atoms with E-state index in [4.69, 9.17) is 0 Å². The van der Waals surface area contributed by atoms with Crippen LogP contribution in [-0.2, 0) is 15.8 Å². The Kier molecular flexibility index (Phi) is 2.52. The van der Waals surface area contributed by atoms with Gasteiger partial charge in [-0.3, -0.25) is 14.5 Å². The minimum Gasteiger partial charge on any atom is -0.269 e. The zero-order valence-corrected chi connectivity index (χ0v) is 9.92.